The first-order chi connectivity index (χ1) is 12.2. The summed E-state index contributed by atoms with van der Waals surface area (Å²) in [4.78, 5) is 16.5. The van der Waals surface area contributed by atoms with Crippen LogP contribution >= 0.6 is 24.0 Å². The second-order valence-corrected chi connectivity index (χ2v) is 5.59. The maximum Gasteiger partial charge on any atom is 0.251 e. The van der Waals surface area contributed by atoms with Gasteiger partial charge in [-0.05, 0) is 37.1 Å². The van der Waals surface area contributed by atoms with Gasteiger partial charge < -0.3 is 16.0 Å². The Kier molecular flexibility index (Phi) is 10.4. The Morgan fingerprint density at radius 3 is 2.27 bits per heavy atom. The standard InChI is InChI=1S/C20H26N4O.HI/c1-3-21-19(25)18-12-8-11-17(13-18)15-24-20(22-4-2)23-14-16-9-6-5-7-10-16;/h5-13H,3-4,14-15H2,1-2H3,(H,21,25)(H2,22,23,24);1H. The molecular formula is C20H27IN4O. The molecular weight excluding hydrogens is 439 g/mol. The number of aliphatic imine (C=N–C) groups is 1. The average Bonchev–Trinajstić information content (AvgIpc) is 2.65. The molecule has 0 saturated heterocycles. The van der Waals surface area contributed by atoms with E-state index in [2.05, 4.69) is 33.1 Å². The van der Waals surface area contributed by atoms with E-state index in [4.69, 9.17) is 0 Å². The van der Waals surface area contributed by atoms with Crippen molar-refractivity contribution in [3.05, 3.63) is 71.3 Å². The summed E-state index contributed by atoms with van der Waals surface area (Å²) in [6.45, 7) is 6.58. The number of rotatable bonds is 7. The van der Waals surface area contributed by atoms with Gasteiger partial charge in [-0.2, -0.15) is 0 Å². The number of hydrogen-bond acceptors (Lipinski definition) is 2. The van der Waals surface area contributed by atoms with Crippen LogP contribution in [0.1, 0.15) is 35.3 Å². The number of hydrogen-bond donors (Lipinski definition) is 3. The van der Waals surface area contributed by atoms with Crippen LogP contribution in [0.2, 0.25) is 0 Å². The van der Waals surface area contributed by atoms with Crippen LogP contribution in [-0.4, -0.2) is 25.0 Å². The quantitative estimate of drug-likeness (QED) is 0.333. The normalized spacial score (nSPS) is 10.6. The first kappa shape index (κ1) is 22.0. The Bertz CT molecular complexity index is 704. The molecule has 0 bridgehead atoms. The van der Waals surface area contributed by atoms with Crippen molar-refractivity contribution in [2.75, 3.05) is 13.1 Å². The molecule has 0 unspecified atom stereocenters. The molecule has 0 radical (unpaired) electrons. The molecule has 0 saturated carbocycles. The largest absolute Gasteiger partial charge is 0.357 e. The molecule has 26 heavy (non-hydrogen) atoms. The van der Waals surface area contributed by atoms with Crippen LogP contribution in [0.5, 0.6) is 0 Å². The third-order valence-corrected chi connectivity index (χ3v) is 3.59. The number of halogens is 1. The van der Waals surface area contributed by atoms with Gasteiger partial charge >= 0.3 is 0 Å². The molecule has 5 nitrogen and oxygen atoms in total. The average molecular weight is 466 g/mol. The van der Waals surface area contributed by atoms with Crippen LogP contribution in [0.15, 0.2) is 59.6 Å². The lowest BCUT2D eigenvalue weighted by Gasteiger charge is -2.11. The predicted octanol–water partition coefficient (Wildman–Crippen LogP) is 3.31. The van der Waals surface area contributed by atoms with E-state index in [9.17, 15) is 4.79 Å². The molecule has 6 heteroatoms. The van der Waals surface area contributed by atoms with Gasteiger partial charge in [-0.3, -0.25) is 4.79 Å². The predicted molar refractivity (Wildman–Crippen MR) is 118 cm³/mol. The minimum atomic E-state index is -0.0533. The number of nitrogens with zero attached hydrogens (tertiary/aromatic N) is 1. The molecule has 2 rings (SSSR count). The summed E-state index contributed by atoms with van der Waals surface area (Å²) < 4.78 is 0. The van der Waals surface area contributed by atoms with Gasteiger partial charge in [-0.15, -0.1) is 24.0 Å². The van der Waals surface area contributed by atoms with E-state index in [1.807, 2.05) is 56.3 Å². The van der Waals surface area contributed by atoms with E-state index in [-0.39, 0.29) is 29.9 Å². The highest BCUT2D eigenvalue weighted by Crippen LogP contribution is 2.07. The van der Waals surface area contributed by atoms with Gasteiger partial charge in [0, 0.05) is 25.2 Å². The van der Waals surface area contributed by atoms with Crippen molar-refractivity contribution in [2.45, 2.75) is 26.9 Å². The van der Waals surface area contributed by atoms with E-state index in [0.29, 0.717) is 25.2 Å². The third-order valence-electron chi connectivity index (χ3n) is 3.59. The van der Waals surface area contributed by atoms with Crippen molar-refractivity contribution in [1.29, 1.82) is 0 Å². The highest BCUT2D eigenvalue weighted by atomic mass is 127. The van der Waals surface area contributed by atoms with Crippen LogP contribution in [0, 0.1) is 0 Å². The number of carbonyl (C=O) groups is 1. The van der Waals surface area contributed by atoms with Crippen LogP contribution < -0.4 is 16.0 Å². The SMILES string of the molecule is CCNC(=O)c1cccc(CN=C(NCC)NCc2ccccc2)c1.I. The zero-order valence-electron chi connectivity index (χ0n) is 15.3. The van der Waals surface area contributed by atoms with Crippen LogP contribution in [0.3, 0.4) is 0 Å². The summed E-state index contributed by atoms with van der Waals surface area (Å²) in [7, 11) is 0. The number of nitrogens with one attached hydrogen (secondary N) is 3. The molecule has 1 amide bonds. The van der Waals surface area contributed by atoms with Crippen molar-refractivity contribution < 1.29 is 4.79 Å². The summed E-state index contributed by atoms with van der Waals surface area (Å²) in [6, 6.07) is 17.8. The summed E-state index contributed by atoms with van der Waals surface area (Å²) in [5, 5.41) is 9.38. The molecule has 0 heterocycles. The van der Waals surface area contributed by atoms with E-state index >= 15 is 0 Å². The number of amides is 1. The maximum atomic E-state index is 11.9. The fraction of sp³-hybridized carbons (Fsp3) is 0.300. The molecule has 0 aliphatic heterocycles. The Labute approximate surface area is 172 Å². The highest BCUT2D eigenvalue weighted by molar-refractivity contribution is 14.0. The lowest BCUT2D eigenvalue weighted by atomic mass is 10.1. The molecule has 3 N–H and O–H groups in total. The molecule has 0 aliphatic carbocycles. The van der Waals surface area contributed by atoms with Crippen molar-refractivity contribution in [1.82, 2.24) is 16.0 Å². The first-order valence-corrected chi connectivity index (χ1v) is 8.66. The van der Waals surface area contributed by atoms with E-state index < -0.39 is 0 Å². The van der Waals surface area contributed by atoms with Crippen LogP contribution in [0.25, 0.3) is 0 Å². The van der Waals surface area contributed by atoms with Crippen molar-refractivity contribution in [3.63, 3.8) is 0 Å². The molecule has 2 aromatic carbocycles. The Morgan fingerprint density at radius 2 is 1.58 bits per heavy atom. The second-order valence-electron chi connectivity index (χ2n) is 5.59. The van der Waals surface area contributed by atoms with Crippen molar-refractivity contribution in [2.24, 2.45) is 4.99 Å². The van der Waals surface area contributed by atoms with E-state index in [1.54, 1.807) is 0 Å². The van der Waals surface area contributed by atoms with Crippen LogP contribution in [-0.2, 0) is 13.1 Å². The minimum Gasteiger partial charge on any atom is -0.357 e. The zero-order chi connectivity index (χ0) is 17.9. The molecule has 0 spiro atoms. The zero-order valence-corrected chi connectivity index (χ0v) is 17.6. The summed E-state index contributed by atoms with van der Waals surface area (Å²) in [5.74, 6) is 0.706. The molecule has 0 atom stereocenters. The minimum absolute atomic E-state index is 0. The molecule has 0 aromatic heterocycles. The van der Waals surface area contributed by atoms with Gasteiger partial charge in [-0.25, -0.2) is 4.99 Å². The summed E-state index contributed by atoms with van der Waals surface area (Å²) in [5.41, 5.74) is 2.86. The third kappa shape index (κ3) is 7.43. The smallest absolute Gasteiger partial charge is 0.251 e. The Morgan fingerprint density at radius 1 is 0.885 bits per heavy atom. The molecule has 2 aromatic rings. The first-order valence-electron chi connectivity index (χ1n) is 8.66. The number of carbonyl (C=O) groups excluding carboxylic acids is 1. The number of guanidine groups is 1. The van der Waals surface area contributed by atoms with Crippen LogP contribution in [0.4, 0.5) is 0 Å². The van der Waals surface area contributed by atoms with Gasteiger partial charge in [0.15, 0.2) is 5.96 Å². The van der Waals surface area contributed by atoms with E-state index in [1.165, 1.54) is 5.56 Å². The molecule has 0 fully saturated rings. The number of benzene rings is 2. The topological polar surface area (TPSA) is 65.5 Å². The second kappa shape index (κ2) is 12.3. The summed E-state index contributed by atoms with van der Waals surface area (Å²) in [6.07, 6.45) is 0. The van der Waals surface area contributed by atoms with Gasteiger partial charge in [0.1, 0.15) is 0 Å². The highest BCUT2D eigenvalue weighted by Gasteiger charge is 2.05. The van der Waals surface area contributed by atoms with Crippen molar-refractivity contribution >= 4 is 35.8 Å². The lowest BCUT2D eigenvalue weighted by Crippen LogP contribution is -2.36. The maximum absolute atomic E-state index is 11.9. The fourth-order valence-electron chi connectivity index (χ4n) is 2.37. The fourth-order valence-corrected chi connectivity index (χ4v) is 2.37. The molecule has 140 valence electrons. The van der Waals surface area contributed by atoms with Gasteiger partial charge in [0.25, 0.3) is 5.91 Å². The van der Waals surface area contributed by atoms with Gasteiger partial charge in [0.2, 0.25) is 0 Å². The monoisotopic (exact) mass is 466 g/mol. The Hall–Kier alpha value is -2.09. The Balaban J connectivity index is 0.00000338. The molecule has 0 aliphatic rings. The van der Waals surface area contributed by atoms with Gasteiger partial charge in [0.05, 0.1) is 6.54 Å². The summed E-state index contributed by atoms with van der Waals surface area (Å²) >= 11 is 0. The lowest BCUT2D eigenvalue weighted by molar-refractivity contribution is 0.0955. The van der Waals surface area contributed by atoms with Gasteiger partial charge in [-0.1, -0.05) is 42.5 Å². The van der Waals surface area contributed by atoms with Crippen molar-refractivity contribution in [3.8, 4) is 0 Å². The van der Waals surface area contributed by atoms with E-state index in [0.717, 1.165) is 18.1 Å².